The van der Waals surface area contributed by atoms with Crippen LogP contribution in [0.5, 0.6) is 0 Å². The Bertz CT molecular complexity index is 1750. The van der Waals surface area contributed by atoms with Crippen molar-refractivity contribution in [1.29, 1.82) is 0 Å². The van der Waals surface area contributed by atoms with Crippen molar-refractivity contribution in [2.24, 2.45) is 5.92 Å². The minimum atomic E-state index is -4.95. The number of aliphatic hydroxyl groups is 1. The number of esters is 4. The van der Waals surface area contributed by atoms with Gasteiger partial charge in [-0.3, -0.25) is 37.3 Å². The fourth-order valence-electron chi connectivity index (χ4n) is 11.0. The lowest BCUT2D eigenvalue weighted by Crippen LogP contribution is -2.30. The molecule has 19 heteroatoms. The molecule has 0 aromatic rings. The number of phosphoric ester groups is 2. The average Bonchev–Trinajstić information content (AvgIpc) is 3.30. The highest BCUT2D eigenvalue weighted by Crippen LogP contribution is 2.45. The first kappa shape index (κ1) is 89.1. The summed E-state index contributed by atoms with van der Waals surface area (Å²) in [4.78, 5) is 72.5. The molecule has 0 heterocycles. The second kappa shape index (κ2) is 65.4. The van der Waals surface area contributed by atoms with Crippen LogP contribution in [0.2, 0.25) is 0 Å². The van der Waals surface area contributed by atoms with Gasteiger partial charge in [-0.15, -0.1) is 0 Å². The molecule has 0 bridgehead atoms. The van der Waals surface area contributed by atoms with Crippen LogP contribution in [0, 0.1) is 5.92 Å². The van der Waals surface area contributed by atoms with Crippen LogP contribution in [0.3, 0.4) is 0 Å². The van der Waals surface area contributed by atoms with E-state index in [-0.39, 0.29) is 25.7 Å². The van der Waals surface area contributed by atoms with Gasteiger partial charge in [0.05, 0.1) is 26.4 Å². The average molecular weight is 1340 g/mol. The first-order valence-corrected chi connectivity index (χ1v) is 40.6. The van der Waals surface area contributed by atoms with Gasteiger partial charge in [0.25, 0.3) is 0 Å². The minimum Gasteiger partial charge on any atom is -0.462 e. The highest BCUT2D eigenvalue weighted by molar-refractivity contribution is 7.47. The van der Waals surface area contributed by atoms with E-state index in [2.05, 4.69) is 34.6 Å². The van der Waals surface area contributed by atoms with Crippen LogP contribution in [-0.4, -0.2) is 96.7 Å². The van der Waals surface area contributed by atoms with E-state index in [0.717, 1.165) is 102 Å². The summed E-state index contributed by atoms with van der Waals surface area (Å²) in [6.07, 6.45) is 52.7. The first-order valence-electron chi connectivity index (χ1n) is 37.6. The van der Waals surface area contributed by atoms with Crippen molar-refractivity contribution in [2.75, 3.05) is 39.6 Å². The zero-order valence-electron chi connectivity index (χ0n) is 59.0. The van der Waals surface area contributed by atoms with Crippen molar-refractivity contribution in [3.05, 3.63) is 0 Å². The summed E-state index contributed by atoms with van der Waals surface area (Å²) in [5.41, 5.74) is 0. The summed E-state index contributed by atoms with van der Waals surface area (Å²) in [7, 11) is -9.90. The van der Waals surface area contributed by atoms with E-state index in [1.807, 2.05) is 0 Å². The van der Waals surface area contributed by atoms with Crippen LogP contribution in [-0.2, 0) is 65.4 Å². The van der Waals surface area contributed by atoms with E-state index in [0.29, 0.717) is 25.7 Å². The summed E-state index contributed by atoms with van der Waals surface area (Å²) in [6, 6.07) is 0. The summed E-state index contributed by atoms with van der Waals surface area (Å²) >= 11 is 0. The molecule has 0 rings (SSSR count). The fraction of sp³-hybridized carbons (Fsp3) is 0.944. The quantitative estimate of drug-likeness (QED) is 0.0222. The van der Waals surface area contributed by atoms with E-state index in [9.17, 15) is 43.2 Å². The van der Waals surface area contributed by atoms with Crippen molar-refractivity contribution in [1.82, 2.24) is 0 Å². The van der Waals surface area contributed by atoms with E-state index in [1.54, 1.807) is 0 Å². The van der Waals surface area contributed by atoms with E-state index >= 15 is 0 Å². The number of carbonyl (C=O) groups excluding carboxylic acids is 4. The number of rotatable bonds is 72. The molecule has 0 aromatic heterocycles. The molecule has 0 aromatic carbocycles. The summed E-state index contributed by atoms with van der Waals surface area (Å²) < 4.78 is 68.3. The maximum atomic E-state index is 13.0. The Hall–Kier alpha value is -1.94. The van der Waals surface area contributed by atoms with Crippen LogP contribution >= 0.6 is 15.6 Å². The molecule has 0 fully saturated rings. The molecule has 5 atom stereocenters. The Kier molecular flexibility index (Phi) is 64.0. The number of hydrogen-bond acceptors (Lipinski definition) is 15. The van der Waals surface area contributed by atoms with Crippen LogP contribution in [0.15, 0.2) is 0 Å². The number of phosphoric acid groups is 2. The smallest absolute Gasteiger partial charge is 0.462 e. The van der Waals surface area contributed by atoms with Crippen molar-refractivity contribution in [3.8, 4) is 0 Å². The van der Waals surface area contributed by atoms with Gasteiger partial charge in [0, 0.05) is 25.7 Å². The Morgan fingerprint density at radius 3 is 0.747 bits per heavy atom. The number of hydrogen-bond donors (Lipinski definition) is 3. The molecule has 91 heavy (non-hydrogen) atoms. The molecule has 2 unspecified atom stereocenters. The van der Waals surface area contributed by atoms with Crippen molar-refractivity contribution >= 4 is 39.5 Å². The molecule has 3 N–H and O–H groups in total. The standard InChI is InChI=1S/C72H140O17P2/c1-6-9-12-15-18-21-23-24-25-26-29-33-36-41-46-51-56-70(75)83-62-68(89-72(77)58-53-48-43-38-34-30-27-28-32-35-39-44-49-54-65(4)5)64-87-91(80,81)85-60-66(73)59-84-90(78,79)86-63-67(61-82-69(74)55-50-45-40-20-17-14-11-8-3)88-71(76)57-52-47-42-37-31-22-19-16-13-10-7-2/h65-68,73H,6-64H2,1-5H3,(H,78,79)(H,80,81)/t66-,67+,68+/m0/s1. The van der Waals surface area contributed by atoms with Gasteiger partial charge in [-0.25, -0.2) is 9.13 Å². The number of carbonyl (C=O) groups is 4. The summed E-state index contributed by atoms with van der Waals surface area (Å²) in [5, 5.41) is 10.6. The largest absolute Gasteiger partial charge is 0.472 e. The van der Waals surface area contributed by atoms with Gasteiger partial charge in [0.2, 0.25) is 0 Å². The number of aliphatic hydroxyl groups excluding tert-OH is 1. The fourth-order valence-corrected chi connectivity index (χ4v) is 12.6. The van der Waals surface area contributed by atoms with Crippen LogP contribution < -0.4 is 0 Å². The van der Waals surface area contributed by atoms with E-state index < -0.39 is 97.5 Å². The van der Waals surface area contributed by atoms with Gasteiger partial charge < -0.3 is 33.8 Å². The molecule has 0 saturated heterocycles. The topological polar surface area (TPSA) is 237 Å². The minimum absolute atomic E-state index is 0.107. The maximum Gasteiger partial charge on any atom is 0.472 e. The van der Waals surface area contributed by atoms with Gasteiger partial charge in [-0.05, 0) is 31.6 Å². The molecular formula is C72H140O17P2. The zero-order valence-corrected chi connectivity index (χ0v) is 60.8. The van der Waals surface area contributed by atoms with Crippen molar-refractivity contribution < 1.29 is 80.2 Å². The lowest BCUT2D eigenvalue weighted by Gasteiger charge is -2.21. The molecule has 0 saturated carbocycles. The lowest BCUT2D eigenvalue weighted by molar-refractivity contribution is -0.161. The normalized spacial score (nSPS) is 14.0. The SMILES string of the molecule is CCCCCCCCCCCCCCCCCCC(=O)OC[C@H](COP(=O)(O)OC[C@@H](O)COP(=O)(O)OC[C@@H](COC(=O)CCCCCCCCCC)OC(=O)CCCCCCCCCCCCC)OC(=O)CCCCCCCCCCCCCCCC(C)C. The van der Waals surface area contributed by atoms with Crippen LogP contribution in [0.4, 0.5) is 0 Å². The van der Waals surface area contributed by atoms with Gasteiger partial charge in [0.1, 0.15) is 19.3 Å². The third kappa shape index (κ3) is 66.5. The Morgan fingerprint density at radius 2 is 0.505 bits per heavy atom. The Balaban J connectivity index is 5.21. The summed E-state index contributed by atoms with van der Waals surface area (Å²) in [5.74, 6) is -1.33. The van der Waals surface area contributed by atoms with Gasteiger partial charge >= 0.3 is 39.5 Å². The molecular weight excluding hydrogens is 1200 g/mol. The molecule has 0 aliphatic rings. The second-order valence-electron chi connectivity index (χ2n) is 26.5. The van der Waals surface area contributed by atoms with Crippen molar-refractivity contribution in [3.63, 3.8) is 0 Å². The molecule has 17 nitrogen and oxygen atoms in total. The van der Waals surface area contributed by atoms with E-state index in [4.69, 9.17) is 37.0 Å². The second-order valence-corrected chi connectivity index (χ2v) is 29.4. The van der Waals surface area contributed by atoms with Gasteiger partial charge in [0.15, 0.2) is 12.2 Å². The highest BCUT2D eigenvalue weighted by Gasteiger charge is 2.30. The lowest BCUT2D eigenvalue weighted by atomic mass is 10.0. The predicted octanol–water partition coefficient (Wildman–Crippen LogP) is 20.9. The monoisotopic (exact) mass is 1340 g/mol. The molecule has 0 aliphatic carbocycles. The van der Waals surface area contributed by atoms with Gasteiger partial charge in [-0.1, -0.05) is 324 Å². The Labute approximate surface area is 556 Å². The first-order chi connectivity index (χ1) is 44.0. The molecule has 540 valence electrons. The van der Waals surface area contributed by atoms with Crippen LogP contribution in [0.1, 0.15) is 375 Å². The number of unbranched alkanes of at least 4 members (excludes halogenated alkanes) is 44. The number of ether oxygens (including phenoxy) is 4. The molecule has 0 amide bonds. The van der Waals surface area contributed by atoms with Gasteiger partial charge in [-0.2, -0.15) is 0 Å². The maximum absolute atomic E-state index is 13.0. The predicted molar refractivity (Wildman–Crippen MR) is 368 cm³/mol. The Morgan fingerprint density at radius 1 is 0.297 bits per heavy atom. The molecule has 0 aliphatic heterocycles. The third-order valence-corrected chi connectivity index (χ3v) is 18.7. The van der Waals surface area contributed by atoms with Crippen LogP contribution in [0.25, 0.3) is 0 Å². The van der Waals surface area contributed by atoms with Crippen molar-refractivity contribution in [2.45, 2.75) is 393 Å². The zero-order chi connectivity index (χ0) is 67.0. The molecule has 0 spiro atoms. The molecule has 0 radical (unpaired) electrons. The summed E-state index contributed by atoms with van der Waals surface area (Å²) in [6.45, 7) is 7.25. The third-order valence-electron chi connectivity index (χ3n) is 16.8. The van der Waals surface area contributed by atoms with E-state index in [1.165, 1.54) is 193 Å². The highest BCUT2D eigenvalue weighted by atomic mass is 31.2.